The average molecular weight is 433 g/mol. The Morgan fingerprint density at radius 3 is 2.28 bits per heavy atom. The minimum absolute atomic E-state index is 0.146. The molecule has 4 rings (SSSR count). The van der Waals surface area contributed by atoms with Crippen LogP contribution in [0.15, 0.2) is 71.5 Å². The van der Waals surface area contributed by atoms with E-state index in [1.165, 1.54) is 48.7 Å². The molecule has 0 radical (unpaired) electrons. The molecular formula is C25H21F2N3O2. The van der Waals surface area contributed by atoms with Crippen LogP contribution in [0.4, 0.5) is 8.78 Å². The largest absolute Gasteiger partial charge is 0.623 e. The molecule has 4 aromatic rings. The number of benzene rings is 3. The van der Waals surface area contributed by atoms with Crippen LogP contribution >= 0.6 is 0 Å². The Balaban J connectivity index is 1.99. The molecule has 0 aliphatic rings. The van der Waals surface area contributed by atoms with Crippen molar-refractivity contribution in [3.05, 3.63) is 99.5 Å². The minimum atomic E-state index is -0.657. The third-order valence-electron chi connectivity index (χ3n) is 5.05. The average Bonchev–Trinajstić information content (AvgIpc) is 2.76. The second kappa shape index (κ2) is 8.00. The van der Waals surface area contributed by atoms with Gasteiger partial charge in [-0.1, -0.05) is 18.2 Å². The van der Waals surface area contributed by atoms with Crippen LogP contribution in [-0.4, -0.2) is 26.3 Å². The normalized spacial score (nSPS) is 12.3. The minimum Gasteiger partial charge on any atom is -0.623 e. The second-order valence-electron chi connectivity index (χ2n) is 8.45. The lowest BCUT2D eigenvalue weighted by Crippen LogP contribution is -2.29. The number of halogens is 2. The van der Waals surface area contributed by atoms with Gasteiger partial charge in [-0.15, -0.1) is 0 Å². The van der Waals surface area contributed by atoms with Crippen molar-refractivity contribution in [3.8, 4) is 16.9 Å². The highest BCUT2D eigenvalue weighted by Gasteiger charge is 2.20. The van der Waals surface area contributed by atoms with E-state index in [1.54, 1.807) is 45.0 Å². The maximum absolute atomic E-state index is 15.0. The molecule has 0 fully saturated rings. The molecule has 0 unspecified atom stereocenters. The van der Waals surface area contributed by atoms with Crippen molar-refractivity contribution in [3.63, 3.8) is 0 Å². The molecule has 162 valence electrons. The van der Waals surface area contributed by atoms with Crippen LogP contribution in [-0.2, 0) is 0 Å². The summed E-state index contributed by atoms with van der Waals surface area (Å²) in [4.78, 5) is 13.1. The van der Waals surface area contributed by atoms with E-state index in [0.29, 0.717) is 22.0 Å². The highest BCUT2D eigenvalue weighted by Crippen LogP contribution is 2.28. The molecule has 0 atom stereocenters. The van der Waals surface area contributed by atoms with Gasteiger partial charge in [0.05, 0.1) is 11.1 Å². The van der Waals surface area contributed by atoms with E-state index in [2.05, 4.69) is 5.10 Å². The standard InChI is InChI=1S/C25H21F2N3O2/c1-25(2,3)29(32)15-16-8-13-22(27)21(14-16)23-19-6-4-5-7-20(19)24(31)30(28-23)18-11-9-17(26)10-12-18/h4-15H,1-3H3/b29-15-. The first kappa shape index (κ1) is 21.4. The molecule has 32 heavy (non-hydrogen) atoms. The first-order valence-electron chi connectivity index (χ1n) is 10.0. The summed E-state index contributed by atoms with van der Waals surface area (Å²) in [6.45, 7) is 5.32. The van der Waals surface area contributed by atoms with Gasteiger partial charge < -0.3 is 5.21 Å². The molecule has 0 aliphatic heterocycles. The van der Waals surface area contributed by atoms with Gasteiger partial charge >= 0.3 is 0 Å². The van der Waals surface area contributed by atoms with Crippen molar-refractivity contribution < 1.29 is 13.5 Å². The zero-order chi connectivity index (χ0) is 23.0. The summed E-state index contributed by atoms with van der Waals surface area (Å²) in [5, 5.41) is 17.6. The Bertz CT molecular complexity index is 1400. The van der Waals surface area contributed by atoms with Crippen molar-refractivity contribution >= 4 is 17.0 Å². The molecule has 1 heterocycles. The maximum atomic E-state index is 15.0. The van der Waals surface area contributed by atoms with Gasteiger partial charge in [-0.25, -0.2) is 13.5 Å². The van der Waals surface area contributed by atoms with E-state index in [-0.39, 0.29) is 11.3 Å². The molecule has 3 aromatic carbocycles. The maximum Gasteiger partial charge on any atom is 0.279 e. The van der Waals surface area contributed by atoms with E-state index in [0.717, 1.165) is 9.42 Å². The van der Waals surface area contributed by atoms with Crippen molar-refractivity contribution in [2.75, 3.05) is 0 Å². The first-order chi connectivity index (χ1) is 15.1. The van der Waals surface area contributed by atoms with Crippen LogP contribution in [0.2, 0.25) is 0 Å². The Labute approximate surface area is 183 Å². The van der Waals surface area contributed by atoms with E-state index >= 15 is 0 Å². The van der Waals surface area contributed by atoms with Crippen LogP contribution < -0.4 is 5.56 Å². The molecule has 0 amide bonds. The molecule has 0 N–H and O–H groups in total. The first-order valence-corrected chi connectivity index (χ1v) is 10.0. The van der Waals surface area contributed by atoms with E-state index < -0.39 is 22.7 Å². The second-order valence-corrected chi connectivity index (χ2v) is 8.45. The Morgan fingerprint density at radius 2 is 1.62 bits per heavy atom. The van der Waals surface area contributed by atoms with Gasteiger partial charge in [0.2, 0.25) is 0 Å². The summed E-state index contributed by atoms with van der Waals surface area (Å²) < 4.78 is 30.3. The topological polar surface area (TPSA) is 61.0 Å². The van der Waals surface area contributed by atoms with Crippen molar-refractivity contribution in [1.82, 2.24) is 9.78 Å². The third-order valence-corrected chi connectivity index (χ3v) is 5.05. The van der Waals surface area contributed by atoms with Gasteiger partial charge in [0, 0.05) is 37.3 Å². The van der Waals surface area contributed by atoms with Gasteiger partial charge in [0.1, 0.15) is 17.3 Å². The van der Waals surface area contributed by atoms with Crippen LogP contribution in [0.5, 0.6) is 0 Å². The number of rotatable bonds is 3. The molecule has 7 heteroatoms. The van der Waals surface area contributed by atoms with Gasteiger partial charge in [-0.2, -0.15) is 9.78 Å². The molecule has 0 saturated heterocycles. The Hall–Kier alpha value is -3.87. The molecule has 5 nitrogen and oxygen atoms in total. The number of hydroxylamine groups is 1. The summed E-state index contributed by atoms with van der Waals surface area (Å²) in [7, 11) is 0. The van der Waals surface area contributed by atoms with Crippen LogP contribution in [0.25, 0.3) is 27.7 Å². The fraction of sp³-hybridized carbons (Fsp3) is 0.160. The van der Waals surface area contributed by atoms with Crippen molar-refractivity contribution in [2.45, 2.75) is 26.3 Å². The van der Waals surface area contributed by atoms with Crippen LogP contribution in [0.3, 0.4) is 0 Å². The van der Waals surface area contributed by atoms with Crippen molar-refractivity contribution in [1.29, 1.82) is 0 Å². The lowest BCUT2D eigenvalue weighted by Gasteiger charge is -2.18. The fourth-order valence-corrected chi connectivity index (χ4v) is 3.28. The van der Waals surface area contributed by atoms with Gasteiger partial charge in [0.15, 0.2) is 11.8 Å². The quantitative estimate of drug-likeness (QED) is 0.196. The highest BCUT2D eigenvalue weighted by molar-refractivity contribution is 5.95. The summed E-state index contributed by atoms with van der Waals surface area (Å²) in [6.07, 6.45) is 1.39. The number of nitrogens with zero attached hydrogens (tertiary/aromatic N) is 3. The molecule has 0 spiro atoms. The van der Waals surface area contributed by atoms with Crippen LogP contribution in [0, 0.1) is 16.8 Å². The monoisotopic (exact) mass is 433 g/mol. The zero-order valence-corrected chi connectivity index (χ0v) is 17.8. The molecule has 0 bridgehead atoms. The number of hydrogen-bond donors (Lipinski definition) is 0. The zero-order valence-electron chi connectivity index (χ0n) is 17.8. The Morgan fingerprint density at radius 1 is 0.969 bits per heavy atom. The number of aromatic nitrogens is 2. The Kier molecular flexibility index (Phi) is 5.34. The van der Waals surface area contributed by atoms with Crippen molar-refractivity contribution in [2.24, 2.45) is 0 Å². The predicted molar refractivity (Wildman–Crippen MR) is 121 cm³/mol. The third kappa shape index (κ3) is 4.01. The summed E-state index contributed by atoms with van der Waals surface area (Å²) >= 11 is 0. The lowest BCUT2D eigenvalue weighted by molar-refractivity contribution is -0.530. The van der Waals surface area contributed by atoms with E-state index in [4.69, 9.17) is 0 Å². The summed E-state index contributed by atoms with van der Waals surface area (Å²) in [5.41, 5.74) is 0.174. The van der Waals surface area contributed by atoms with Gasteiger partial charge in [-0.3, -0.25) is 4.79 Å². The number of fused-ring (bicyclic) bond motifs is 1. The van der Waals surface area contributed by atoms with Gasteiger partial charge in [-0.05, 0) is 48.5 Å². The predicted octanol–water partition coefficient (Wildman–Crippen LogP) is 5.06. The molecule has 1 aromatic heterocycles. The van der Waals surface area contributed by atoms with Gasteiger partial charge in [0.25, 0.3) is 5.56 Å². The summed E-state index contributed by atoms with van der Waals surface area (Å²) in [6, 6.07) is 16.4. The fourth-order valence-electron chi connectivity index (χ4n) is 3.28. The lowest BCUT2D eigenvalue weighted by atomic mass is 10.0. The summed E-state index contributed by atoms with van der Waals surface area (Å²) in [5.74, 6) is -0.990. The van der Waals surface area contributed by atoms with E-state index in [9.17, 15) is 18.8 Å². The smallest absolute Gasteiger partial charge is 0.279 e. The van der Waals surface area contributed by atoms with Crippen LogP contribution in [0.1, 0.15) is 26.3 Å². The van der Waals surface area contributed by atoms with E-state index in [1.807, 2.05) is 0 Å². The molecular weight excluding hydrogens is 412 g/mol. The molecule has 0 aliphatic carbocycles. The number of hydrogen-bond acceptors (Lipinski definition) is 3. The highest BCUT2D eigenvalue weighted by atomic mass is 19.1. The SMILES string of the molecule is CC(C)(C)/[N+]([O-])=C/c1ccc(F)c(-c2nn(-c3ccc(F)cc3)c(=O)c3ccccc23)c1. The molecule has 0 saturated carbocycles.